The van der Waals surface area contributed by atoms with Crippen molar-refractivity contribution in [2.45, 2.75) is 58.8 Å². The lowest BCUT2D eigenvalue weighted by Gasteiger charge is -2.39. The minimum atomic E-state index is -2.55. The van der Waals surface area contributed by atoms with Gasteiger partial charge in [-0.2, -0.15) is 0 Å². The van der Waals surface area contributed by atoms with Crippen LogP contribution in [0.5, 0.6) is 0 Å². The summed E-state index contributed by atoms with van der Waals surface area (Å²) < 4.78 is 39.0. The van der Waals surface area contributed by atoms with E-state index < -0.39 is 36.0 Å². The van der Waals surface area contributed by atoms with Crippen LogP contribution in [0.2, 0.25) is 0 Å². The van der Waals surface area contributed by atoms with Crippen LogP contribution in [0.3, 0.4) is 0 Å². The Hall–Kier alpha value is -0.580. The van der Waals surface area contributed by atoms with Crippen molar-refractivity contribution in [1.29, 1.82) is 0 Å². The monoisotopic (exact) mass is 251 g/mol. The summed E-state index contributed by atoms with van der Waals surface area (Å²) in [6.07, 6.45) is -4.34. The molecule has 0 bridgehead atoms. The van der Waals surface area contributed by atoms with Gasteiger partial charge in [-0.15, -0.1) is 0 Å². The van der Waals surface area contributed by atoms with Gasteiger partial charge in [0.15, 0.2) is 5.78 Å². The highest BCUT2D eigenvalue weighted by molar-refractivity contribution is 5.89. The zero-order valence-corrected chi connectivity index (χ0v) is 10.6. The molecule has 0 radical (unpaired) electrons. The molecule has 1 rings (SSSR count). The molecular formula is C12H20F3NO. The van der Waals surface area contributed by atoms with E-state index in [0.717, 1.165) is 0 Å². The highest BCUT2D eigenvalue weighted by atomic mass is 19.3. The Kier molecular flexibility index (Phi) is 4.23. The first-order valence-corrected chi connectivity index (χ1v) is 5.87. The number of hydrogen-bond acceptors (Lipinski definition) is 2. The summed E-state index contributed by atoms with van der Waals surface area (Å²) >= 11 is 0. The summed E-state index contributed by atoms with van der Waals surface area (Å²) in [4.78, 5) is 12.0. The smallest absolute Gasteiger partial charge is 0.243 e. The standard InChI is InChI=1S/C12H20F3NO/c1-6-7(11(14)15)5-8(13)9(16-6)10(17)12(2,3)4/h6-9,11,16H,5H2,1-4H3. The zero-order valence-electron chi connectivity index (χ0n) is 10.6. The van der Waals surface area contributed by atoms with Crippen LogP contribution in [0.4, 0.5) is 13.2 Å². The van der Waals surface area contributed by atoms with E-state index in [2.05, 4.69) is 5.32 Å². The molecule has 0 aliphatic carbocycles. The lowest BCUT2D eigenvalue weighted by atomic mass is 9.79. The highest BCUT2D eigenvalue weighted by Gasteiger charge is 2.44. The predicted octanol–water partition coefficient (Wildman–Crippen LogP) is 2.57. The number of Topliss-reactive ketones (excluding diaryl/α,β-unsaturated/α-hetero) is 1. The second kappa shape index (κ2) is 4.96. The van der Waals surface area contributed by atoms with E-state index in [1.54, 1.807) is 27.7 Å². The number of halogens is 3. The Bertz CT molecular complexity index is 288. The Morgan fingerprint density at radius 3 is 2.29 bits per heavy atom. The average Bonchev–Trinajstić information content (AvgIpc) is 2.18. The van der Waals surface area contributed by atoms with Gasteiger partial charge in [-0.3, -0.25) is 4.79 Å². The summed E-state index contributed by atoms with van der Waals surface area (Å²) in [7, 11) is 0. The van der Waals surface area contributed by atoms with Crippen LogP contribution >= 0.6 is 0 Å². The van der Waals surface area contributed by atoms with Gasteiger partial charge >= 0.3 is 0 Å². The second-order valence-electron chi connectivity index (χ2n) is 5.80. The Labute approximate surface area is 100.0 Å². The third-order valence-corrected chi connectivity index (χ3v) is 3.29. The molecule has 100 valence electrons. The summed E-state index contributed by atoms with van der Waals surface area (Å²) in [5.41, 5.74) is -0.667. The number of hydrogen-bond donors (Lipinski definition) is 1. The maximum atomic E-state index is 13.8. The van der Waals surface area contributed by atoms with Crippen LogP contribution in [-0.2, 0) is 4.79 Å². The molecule has 0 spiro atoms. The molecule has 1 saturated heterocycles. The molecule has 17 heavy (non-hydrogen) atoms. The van der Waals surface area contributed by atoms with Crippen LogP contribution in [0.25, 0.3) is 0 Å². The number of rotatable bonds is 2. The maximum Gasteiger partial charge on any atom is 0.243 e. The van der Waals surface area contributed by atoms with Gasteiger partial charge in [-0.05, 0) is 13.3 Å². The molecule has 4 unspecified atom stereocenters. The molecule has 1 heterocycles. The summed E-state index contributed by atoms with van der Waals surface area (Å²) in [5.74, 6) is -1.28. The van der Waals surface area contributed by atoms with E-state index in [1.165, 1.54) is 0 Å². The van der Waals surface area contributed by atoms with Crippen molar-refractivity contribution in [1.82, 2.24) is 5.32 Å². The predicted molar refractivity (Wildman–Crippen MR) is 59.9 cm³/mol. The van der Waals surface area contributed by atoms with E-state index in [0.29, 0.717) is 0 Å². The molecule has 1 N–H and O–H groups in total. The molecule has 2 nitrogen and oxygen atoms in total. The fourth-order valence-corrected chi connectivity index (χ4v) is 2.14. The summed E-state index contributed by atoms with van der Waals surface area (Å²) in [6.45, 7) is 6.68. The lowest BCUT2D eigenvalue weighted by Crippen LogP contribution is -2.59. The number of carbonyl (C=O) groups is 1. The third kappa shape index (κ3) is 3.21. The van der Waals surface area contributed by atoms with Crippen molar-refractivity contribution in [3.05, 3.63) is 0 Å². The van der Waals surface area contributed by atoms with E-state index in [1.807, 2.05) is 0 Å². The van der Waals surface area contributed by atoms with Crippen molar-refractivity contribution >= 4 is 5.78 Å². The quantitative estimate of drug-likeness (QED) is 0.817. The molecule has 1 aliphatic heterocycles. The second-order valence-corrected chi connectivity index (χ2v) is 5.80. The minimum Gasteiger partial charge on any atom is -0.302 e. The van der Waals surface area contributed by atoms with Crippen LogP contribution in [0.15, 0.2) is 0 Å². The molecule has 1 aliphatic rings. The molecule has 0 aromatic carbocycles. The number of piperidine rings is 1. The van der Waals surface area contributed by atoms with Crippen molar-refractivity contribution in [3.63, 3.8) is 0 Å². The molecular weight excluding hydrogens is 231 g/mol. The topological polar surface area (TPSA) is 29.1 Å². The fourth-order valence-electron chi connectivity index (χ4n) is 2.14. The van der Waals surface area contributed by atoms with Crippen LogP contribution < -0.4 is 5.32 Å². The van der Waals surface area contributed by atoms with Gasteiger partial charge in [0.25, 0.3) is 0 Å². The normalized spacial score (nSPS) is 35.1. The minimum absolute atomic E-state index is 0.252. The molecule has 0 aromatic heterocycles. The van der Waals surface area contributed by atoms with Crippen molar-refractivity contribution in [3.8, 4) is 0 Å². The fraction of sp³-hybridized carbons (Fsp3) is 0.917. The van der Waals surface area contributed by atoms with Crippen LogP contribution in [0.1, 0.15) is 34.1 Å². The van der Waals surface area contributed by atoms with Crippen LogP contribution in [0, 0.1) is 11.3 Å². The molecule has 0 saturated carbocycles. The largest absolute Gasteiger partial charge is 0.302 e. The SMILES string of the molecule is CC1NC(C(=O)C(C)(C)C)C(F)CC1C(F)F. The molecule has 0 aromatic rings. The molecule has 4 atom stereocenters. The Balaban J connectivity index is 2.77. The zero-order chi connectivity index (χ0) is 13.4. The number of ketones is 1. The molecule has 0 amide bonds. The lowest BCUT2D eigenvalue weighted by molar-refractivity contribution is -0.132. The number of nitrogens with one attached hydrogen (secondary N) is 1. The van der Waals surface area contributed by atoms with Gasteiger partial charge < -0.3 is 5.32 Å². The van der Waals surface area contributed by atoms with E-state index in [4.69, 9.17) is 0 Å². The highest BCUT2D eigenvalue weighted by Crippen LogP contribution is 2.31. The number of carbonyl (C=O) groups excluding carboxylic acids is 1. The van der Waals surface area contributed by atoms with Crippen molar-refractivity contribution < 1.29 is 18.0 Å². The van der Waals surface area contributed by atoms with Gasteiger partial charge in [-0.1, -0.05) is 20.8 Å². The number of alkyl halides is 3. The van der Waals surface area contributed by atoms with Crippen molar-refractivity contribution in [2.24, 2.45) is 11.3 Å². The van der Waals surface area contributed by atoms with Gasteiger partial charge in [0.05, 0.1) is 6.04 Å². The van der Waals surface area contributed by atoms with Gasteiger partial charge in [0.1, 0.15) is 6.17 Å². The van der Waals surface area contributed by atoms with Gasteiger partial charge in [0, 0.05) is 17.4 Å². The van der Waals surface area contributed by atoms with Crippen molar-refractivity contribution in [2.75, 3.05) is 0 Å². The Morgan fingerprint density at radius 2 is 1.88 bits per heavy atom. The van der Waals surface area contributed by atoms with Gasteiger partial charge in [0.2, 0.25) is 6.43 Å². The van der Waals surface area contributed by atoms with E-state index >= 15 is 0 Å². The summed E-state index contributed by atoms with van der Waals surface area (Å²) in [5, 5.41) is 2.70. The molecule has 1 fully saturated rings. The molecule has 5 heteroatoms. The first-order chi connectivity index (χ1) is 7.64. The van der Waals surface area contributed by atoms with E-state index in [9.17, 15) is 18.0 Å². The third-order valence-electron chi connectivity index (χ3n) is 3.29. The Morgan fingerprint density at radius 1 is 1.35 bits per heavy atom. The van der Waals surface area contributed by atoms with Gasteiger partial charge in [-0.25, -0.2) is 13.2 Å². The van der Waals surface area contributed by atoms with E-state index in [-0.39, 0.29) is 12.2 Å². The first-order valence-electron chi connectivity index (χ1n) is 5.87. The first kappa shape index (κ1) is 14.5. The average molecular weight is 251 g/mol. The maximum absolute atomic E-state index is 13.8. The summed E-state index contributed by atoms with van der Waals surface area (Å²) in [6, 6.07) is -1.50. The van der Waals surface area contributed by atoms with Crippen LogP contribution in [-0.4, -0.2) is 30.5 Å².